The molecule has 0 unspecified atom stereocenters. The van der Waals surface area contributed by atoms with Crippen LogP contribution in [0.5, 0.6) is 0 Å². The van der Waals surface area contributed by atoms with E-state index in [0.29, 0.717) is 10.6 Å². The number of benzene rings is 1. The first-order valence-electron chi connectivity index (χ1n) is 7.17. The Morgan fingerprint density at radius 3 is 2.24 bits per heavy atom. The van der Waals surface area contributed by atoms with Gasteiger partial charge in [-0.1, -0.05) is 17.2 Å². The second-order valence-electron chi connectivity index (χ2n) is 5.45. The molecule has 0 radical (unpaired) electrons. The summed E-state index contributed by atoms with van der Waals surface area (Å²) in [6.45, 7) is 2.91. The minimum absolute atomic E-state index is 0.135. The molecule has 9 nitrogen and oxygen atoms in total. The van der Waals surface area contributed by atoms with Crippen LogP contribution in [-0.2, 0) is 19.8 Å². The van der Waals surface area contributed by atoms with Crippen LogP contribution in [0, 0.1) is 0 Å². The quantitative estimate of drug-likeness (QED) is 0.789. The maximum Gasteiger partial charge on any atom is 0.342 e. The molecule has 0 spiro atoms. The van der Waals surface area contributed by atoms with Gasteiger partial charge < -0.3 is 4.84 Å². The van der Waals surface area contributed by atoms with Crippen LogP contribution >= 0.6 is 0 Å². The molecule has 1 N–H and O–H groups in total. The maximum atomic E-state index is 12.1. The molecule has 10 heteroatoms. The normalized spacial score (nSPS) is 18.6. The van der Waals surface area contributed by atoms with Crippen molar-refractivity contribution in [1.29, 1.82) is 0 Å². The van der Waals surface area contributed by atoms with Crippen molar-refractivity contribution in [3.05, 3.63) is 46.7 Å². The molecule has 25 heavy (non-hydrogen) atoms. The Kier molecular flexibility index (Phi) is 3.91. The van der Waals surface area contributed by atoms with Crippen molar-refractivity contribution in [3.8, 4) is 0 Å². The van der Waals surface area contributed by atoms with E-state index >= 15 is 0 Å². The van der Waals surface area contributed by atoms with E-state index in [1.807, 2.05) is 0 Å². The molecular formula is C15H13N3O6S. The number of rotatable bonds is 3. The van der Waals surface area contributed by atoms with Gasteiger partial charge in [0.1, 0.15) is 0 Å². The van der Waals surface area contributed by atoms with Crippen molar-refractivity contribution >= 4 is 33.7 Å². The van der Waals surface area contributed by atoms with E-state index in [0.717, 1.165) is 0 Å². The number of hydrogen-bond acceptors (Lipinski definition) is 6. The van der Waals surface area contributed by atoms with Gasteiger partial charge in [-0.2, -0.15) is 8.42 Å². The summed E-state index contributed by atoms with van der Waals surface area (Å²) in [6, 6.07) is 6.11. The van der Waals surface area contributed by atoms with Crippen molar-refractivity contribution in [2.75, 3.05) is 0 Å². The van der Waals surface area contributed by atoms with Gasteiger partial charge in [-0.05, 0) is 26.0 Å². The Bertz CT molecular complexity index is 942. The molecule has 1 aromatic rings. The number of hydrogen-bond donors (Lipinski definition) is 1. The van der Waals surface area contributed by atoms with Gasteiger partial charge in [-0.15, -0.1) is 4.40 Å². The van der Waals surface area contributed by atoms with Gasteiger partial charge in [0.25, 0.3) is 11.8 Å². The number of hydroxylamine groups is 2. The average Bonchev–Trinajstić information content (AvgIpc) is 2.76. The van der Waals surface area contributed by atoms with Gasteiger partial charge in [-0.3, -0.25) is 14.3 Å². The second-order valence-corrected chi connectivity index (χ2v) is 6.78. The maximum absolute atomic E-state index is 12.1. The third-order valence-corrected chi connectivity index (χ3v) is 4.78. The fraction of sp³-hybridized carbons (Fsp3) is 0.200. The summed E-state index contributed by atoms with van der Waals surface area (Å²) in [5, 5.41) is 0.405. The zero-order chi connectivity index (χ0) is 18.4. The minimum atomic E-state index is -3.82. The van der Waals surface area contributed by atoms with Gasteiger partial charge >= 0.3 is 16.2 Å². The Morgan fingerprint density at radius 2 is 1.72 bits per heavy atom. The van der Waals surface area contributed by atoms with Crippen molar-refractivity contribution in [3.63, 3.8) is 0 Å². The van der Waals surface area contributed by atoms with Gasteiger partial charge in [0.15, 0.2) is 0 Å². The summed E-state index contributed by atoms with van der Waals surface area (Å²) in [6.07, 6.45) is -0.350. The predicted molar refractivity (Wildman–Crippen MR) is 85.5 cm³/mol. The molecular weight excluding hydrogens is 350 g/mol. The molecule has 2 aliphatic rings. The van der Waals surface area contributed by atoms with Crippen LogP contribution in [0.1, 0.15) is 41.0 Å². The summed E-state index contributed by atoms with van der Waals surface area (Å²) in [5.74, 6) is -2.34. The molecule has 0 atom stereocenters. The van der Waals surface area contributed by atoms with Crippen LogP contribution in [-0.4, -0.2) is 37.0 Å². The van der Waals surface area contributed by atoms with Crippen molar-refractivity contribution in [2.45, 2.75) is 20.3 Å². The number of carbonyl (C=O) groups is 3. The molecule has 0 saturated carbocycles. The van der Waals surface area contributed by atoms with Gasteiger partial charge in [0, 0.05) is 11.3 Å². The Labute approximate surface area is 143 Å². The summed E-state index contributed by atoms with van der Waals surface area (Å²) < 4.78 is 28.5. The molecule has 2 amide bonds. The number of carbonyl (C=O) groups excluding carboxylic acids is 3. The number of fused-ring (bicyclic) bond motifs is 1. The van der Waals surface area contributed by atoms with E-state index in [1.54, 1.807) is 12.1 Å². The van der Waals surface area contributed by atoms with Crippen LogP contribution in [0.4, 0.5) is 0 Å². The third-order valence-electron chi connectivity index (χ3n) is 3.70. The standard InChI is InChI=1S/C15H13N3O6S/c1-8-12(9(2)17-25(22,23)16-8)7-13(19)24-18-14(20)10-5-3-4-6-11(10)15(18)21/h3-6,16H,7H2,1-2H3. The molecule has 1 aromatic carbocycles. The van der Waals surface area contributed by atoms with Crippen LogP contribution < -0.4 is 4.72 Å². The van der Waals surface area contributed by atoms with Crippen LogP contribution in [0.3, 0.4) is 0 Å². The molecule has 130 valence electrons. The minimum Gasteiger partial charge on any atom is -0.329 e. The fourth-order valence-electron chi connectivity index (χ4n) is 2.57. The lowest BCUT2D eigenvalue weighted by atomic mass is 10.1. The predicted octanol–water partition coefficient (Wildman–Crippen LogP) is 0.714. The van der Waals surface area contributed by atoms with Crippen LogP contribution in [0.15, 0.2) is 39.9 Å². The molecule has 2 aliphatic heterocycles. The Balaban J connectivity index is 1.76. The van der Waals surface area contributed by atoms with E-state index in [-0.39, 0.29) is 29.0 Å². The smallest absolute Gasteiger partial charge is 0.329 e. The van der Waals surface area contributed by atoms with E-state index in [2.05, 4.69) is 9.12 Å². The molecule has 0 fully saturated rings. The van der Waals surface area contributed by atoms with Crippen molar-refractivity contribution < 1.29 is 27.6 Å². The molecule has 3 rings (SSSR count). The van der Waals surface area contributed by atoms with Gasteiger partial charge in [0.05, 0.1) is 23.3 Å². The fourth-order valence-corrected chi connectivity index (χ4v) is 3.60. The van der Waals surface area contributed by atoms with Crippen molar-refractivity contribution in [1.82, 2.24) is 9.79 Å². The highest BCUT2D eigenvalue weighted by molar-refractivity contribution is 7.88. The highest BCUT2D eigenvalue weighted by Gasteiger charge is 2.38. The summed E-state index contributed by atoms with van der Waals surface area (Å²) in [4.78, 5) is 41.3. The molecule has 0 saturated heterocycles. The number of nitrogens with one attached hydrogen (secondary N) is 1. The van der Waals surface area contributed by atoms with E-state index < -0.39 is 28.0 Å². The zero-order valence-corrected chi connectivity index (χ0v) is 14.1. The number of imide groups is 1. The summed E-state index contributed by atoms with van der Waals surface area (Å²) in [5.41, 5.74) is 0.983. The first kappa shape index (κ1) is 16.8. The summed E-state index contributed by atoms with van der Waals surface area (Å²) >= 11 is 0. The number of nitrogens with zero attached hydrogens (tertiary/aromatic N) is 2. The van der Waals surface area contributed by atoms with Gasteiger partial charge in [-0.25, -0.2) is 4.79 Å². The lowest BCUT2D eigenvalue weighted by molar-refractivity contribution is -0.167. The van der Waals surface area contributed by atoms with Crippen molar-refractivity contribution in [2.24, 2.45) is 4.40 Å². The second kappa shape index (κ2) is 5.81. The van der Waals surface area contributed by atoms with E-state index in [1.165, 1.54) is 26.0 Å². The molecule has 0 bridgehead atoms. The molecule has 0 aromatic heterocycles. The highest BCUT2D eigenvalue weighted by atomic mass is 32.2. The Morgan fingerprint density at radius 1 is 1.16 bits per heavy atom. The van der Waals surface area contributed by atoms with Crippen LogP contribution in [0.2, 0.25) is 0 Å². The molecule has 0 aliphatic carbocycles. The monoisotopic (exact) mass is 363 g/mol. The summed E-state index contributed by atoms with van der Waals surface area (Å²) in [7, 11) is -3.82. The lowest BCUT2D eigenvalue weighted by Gasteiger charge is -2.18. The zero-order valence-electron chi connectivity index (χ0n) is 13.3. The topological polar surface area (TPSA) is 122 Å². The first-order chi connectivity index (χ1) is 11.7. The first-order valence-corrected chi connectivity index (χ1v) is 8.61. The molecule has 2 heterocycles. The third kappa shape index (κ3) is 3.03. The SMILES string of the molecule is CC1=NS(=O)(=O)NC(C)=C1CC(=O)ON1C(=O)c2ccccc2C1=O. The number of amides is 2. The van der Waals surface area contributed by atoms with E-state index in [9.17, 15) is 22.8 Å². The number of allylic oxidation sites excluding steroid dienone is 1. The lowest BCUT2D eigenvalue weighted by Crippen LogP contribution is -2.34. The highest BCUT2D eigenvalue weighted by Crippen LogP contribution is 2.24. The average molecular weight is 363 g/mol. The van der Waals surface area contributed by atoms with E-state index in [4.69, 9.17) is 4.84 Å². The Hall–Kier alpha value is -3.01. The largest absolute Gasteiger partial charge is 0.342 e. The van der Waals surface area contributed by atoms with Gasteiger partial charge in [0.2, 0.25) is 0 Å². The van der Waals surface area contributed by atoms with Crippen LogP contribution in [0.25, 0.3) is 0 Å².